The Morgan fingerprint density at radius 1 is 1.50 bits per heavy atom. The number of carbonyl (C=O) groups is 1. The van der Waals surface area contributed by atoms with Crippen LogP contribution in [0.5, 0.6) is 0 Å². The van der Waals surface area contributed by atoms with Crippen molar-refractivity contribution >= 4 is 28.6 Å². The number of aromatic nitrogens is 2. The Hall–Kier alpha value is -1.62. The third kappa shape index (κ3) is 2.70. The molecule has 0 N–H and O–H groups in total. The molecule has 0 unspecified atom stereocenters. The summed E-state index contributed by atoms with van der Waals surface area (Å²) >= 11 is 5.98. The van der Waals surface area contributed by atoms with Crippen molar-refractivity contribution in [3.8, 4) is 0 Å². The van der Waals surface area contributed by atoms with Crippen molar-refractivity contribution in [1.29, 1.82) is 0 Å². The molecule has 1 aliphatic carbocycles. The maximum Gasteiger partial charge on any atom is 0.338 e. The van der Waals surface area contributed by atoms with Gasteiger partial charge in [-0.15, -0.1) is 11.6 Å². The van der Waals surface area contributed by atoms with Crippen LogP contribution in [0.2, 0.25) is 0 Å². The largest absolute Gasteiger partial charge is 0.462 e. The SMILES string of the molecule is CCOC(=O)c1ccc2nc(CCl)n(CC3(CF)CC3)c2c1. The Morgan fingerprint density at radius 3 is 2.86 bits per heavy atom. The van der Waals surface area contributed by atoms with E-state index in [0.717, 1.165) is 23.9 Å². The maximum absolute atomic E-state index is 13.2. The standard InChI is InChI=1S/C16H18ClFN2O2/c1-2-22-15(21)11-3-4-12-13(7-11)20(14(8-17)19-12)10-16(9-18)5-6-16/h3-4,7H,2,5-6,8-10H2,1H3. The number of ether oxygens (including phenoxy) is 1. The molecule has 0 aliphatic heterocycles. The topological polar surface area (TPSA) is 44.1 Å². The second-order valence-electron chi connectivity index (χ2n) is 5.81. The monoisotopic (exact) mass is 324 g/mol. The average molecular weight is 325 g/mol. The molecule has 1 heterocycles. The Bertz CT molecular complexity index is 709. The van der Waals surface area contributed by atoms with Crippen LogP contribution in [0.25, 0.3) is 11.0 Å². The first-order valence-electron chi connectivity index (χ1n) is 7.41. The molecule has 4 nitrogen and oxygen atoms in total. The van der Waals surface area contributed by atoms with Gasteiger partial charge in [-0.25, -0.2) is 9.78 Å². The molecule has 1 saturated carbocycles. The van der Waals surface area contributed by atoms with Crippen molar-refractivity contribution in [1.82, 2.24) is 9.55 Å². The number of halogens is 2. The molecule has 6 heteroatoms. The second-order valence-corrected chi connectivity index (χ2v) is 6.07. The quantitative estimate of drug-likeness (QED) is 0.601. The highest BCUT2D eigenvalue weighted by Gasteiger charge is 2.43. The fourth-order valence-electron chi connectivity index (χ4n) is 2.64. The lowest BCUT2D eigenvalue weighted by Crippen LogP contribution is -2.15. The number of alkyl halides is 2. The van der Waals surface area contributed by atoms with Crippen LogP contribution >= 0.6 is 11.6 Å². The second kappa shape index (κ2) is 5.88. The number of hydrogen-bond acceptors (Lipinski definition) is 3. The van der Waals surface area contributed by atoms with E-state index in [9.17, 15) is 9.18 Å². The summed E-state index contributed by atoms with van der Waals surface area (Å²) in [5.74, 6) is 0.597. The van der Waals surface area contributed by atoms with Gasteiger partial charge in [0.2, 0.25) is 0 Å². The highest BCUT2D eigenvalue weighted by atomic mass is 35.5. The van der Waals surface area contributed by atoms with E-state index in [2.05, 4.69) is 4.98 Å². The van der Waals surface area contributed by atoms with Gasteiger partial charge in [0, 0.05) is 12.0 Å². The summed E-state index contributed by atoms with van der Waals surface area (Å²) in [6.07, 6.45) is 1.75. The average Bonchev–Trinajstić information content (AvgIpc) is 3.23. The van der Waals surface area contributed by atoms with Crippen molar-refractivity contribution in [2.24, 2.45) is 5.41 Å². The molecule has 0 radical (unpaired) electrons. The molecule has 1 fully saturated rings. The number of hydrogen-bond donors (Lipinski definition) is 0. The Labute approximate surface area is 133 Å². The smallest absolute Gasteiger partial charge is 0.338 e. The van der Waals surface area contributed by atoms with E-state index in [4.69, 9.17) is 16.3 Å². The fourth-order valence-corrected chi connectivity index (χ4v) is 2.84. The summed E-state index contributed by atoms with van der Waals surface area (Å²) < 4.78 is 20.2. The lowest BCUT2D eigenvalue weighted by atomic mass is 10.1. The van der Waals surface area contributed by atoms with Crippen molar-refractivity contribution < 1.29 is 13.9 Å². The van der Waals surface area contributed by atoms with Crippen LogP contribution in [-0.2, 0) is 17.2 Å². The normalized spacial score (nSPS) is 16.0. The summed E-state index contributed by atoms with van der Waals surface area (Å²) in [4.78, 5) is 16.4. The van der Waals surface area contributed by atoms with Gasteiger partial charge < -0.3 is 9.30 Å². The summed E-state index contributed by atoms with van der Waals surface area (Å²) in [5, 5.41) is 0. The number of imidazole rings is 1. The van der Waals surface area contributed by atoms with Crippen LogP contribution in [0.1, 0.15) is 35.9 Å². The van der Waals surface area contributed by atoms with Crippen LogP contribution < -0.4 is 0 Å². The molecule has 3 rings (SSSR count). The summed E-state index contributed by atoms with van der Waals surface area (Å²) in [6.45, 7) is 2.30. The van der Waals surface area contributed by atoms with E-state index in [1.54, 1.807) is 25.1 Å². The molecule has 0 amide bonds. The molecule has 22 heavy (non-hydrogen) atoms. The van der Waals surface area contributed by atoms with Gasteiger partial charge in [0.1, 0.15) is 5.82 Å². The van der Waals surface area contributed by atoms with Gasteiger partial charge in [-0.3, -0.25) is 4.39 Å². The molecule has 1 aromatic carbocycles. The van der Waals surface area contributed by atoms with Gasteiger partial charge in [-0.2, -0.15) is 0 Å². The van der Waals surface area contributed by atoms with E-state index < -0.39 is 0 Å². The van der Waals surface area contributed by atoms with Gasteiger partial charge in [0.25, 0.3) is 0 Å². The van der Waals surface area contributed by atoms with Gasteiger partial charge in [0.05, 0.1) is 35.8 Å². The van der Waals surface area contributed by atoms with Crippen LogP contribution in [0.3, 0.4) is 0 Å². The number of nitrogens with zero attached hydrogens (tertiary/aromatic N) is 2. The van der Waals surface area contributed by atoms with E-state index >= 15 is 0 Å². The highest BCUT2D eigenvalue weighted by molar-refractivity contribution is 6.16. The van der Waals surface area contributed by atoms with Gasteiger partial charge >= 0.3 is 5.97 Å². The minimum atomic E-state index is -0.365. The molecular formula is C16H18ClFN2O2. The summed E-state index contributed by atoms with van der Waals surface area (Å²) in [6, 6.07) is 5.23. The first kappa shape index (κ1) is 15.3. The van der Waals surface area contributed by atoms with E-state index in [0.29, 0.717) is 24.5 Å². The molecule has 1 aromatic heterocycles. The van der Waals surface area contributed by atoms with Crippen molar-refractivity contribution in [2.45, 2.75) is 32.2 Å². The fraction of sp³-hybridized carbons (Fsp3) is 0.500. The Morgan fingerprint density at radius 2 is 2.27 bits per heavy atom. The van der Waals surface area contributed by atoms with Crippen LogP contribution in [-0.4, -0.2) is 28.8 Å². The molecule has 0 saturated heterocycles. The third-order valence-corrected chi connectivity index (χ3v) is 4.43. The Balaban J connectivity index is 2.03. The van der Waals surface area contributed by atoms with E-state index in [1.165, 1.54) is 0 Å². The first-order chi connectivity index (χ1) is 10.6. The van der Waals surface area contributed by atoms with Crippen LogP contribution in [0.4, 0.5) is 4.39 Å². The molecule has 0 atom stereocenters. The van der Waals surface area contributed by atoms with Crippen molar-refractivity contribution in [2.75, 3.05) is 13.3 Å². The van der Waals surface area contributed by atoms with Crippen molar-refractivity contribution in [3.63, 3.8) is 0 Å². The number of fused-ring (bicyclic) bond motifs is 1. The number of carbonyl (C=O) groups excluding carboxylic acids is 1. The maximum atomic E-state index is 13.2. The van der Waals surface area contributed by atoms with Gasteiger partial charge in [-0.05, 0) is 38.0 Å². The molecule has 2 aromatic rings. The lowest BCUT2D eigenvalue weighted by molar-refractivity contribution is 0.0526. The summed E-state index contributed by atoms with van der Waals surface area (Å²) in [7, 11) is 0. The zero-order valence-corrected chi connectivity index (χ0v) is 13.2. The number of benzene rings is 1. The predicted octanol–water partition coefficient (Wildman–Crippen LogP) is 3.70. The zero-order valence-electron chi connectivity index (χ0n) is 12.4. The van der Waals surface area contributed by atoms with Crippen LogP contribution in [0, 0.1) is 5.41 Å². The highest BCUT2D eigenvalue weighted by Crippen LogP contribution is 2.48. The Kier molecular flexibility index (Phi) is 4.08. The number of rotatable bonds is 6. The molecule has 0 bridgehead atoms. The minimum absolute atomic E-state index is 0.256. The molecule has 118 valence electrons. The first-order valence-corrected chi connectivity index (χ1v) is 7.94. The summed E-state index contributed by atoms with van der Waals surface area (Å²) in [5.41, 5.74) is 1.76. The van der Waals surface area contributed by atoms with Gasteiger partial charge in [-0.1, -0.05) is 0 Å². The molecule has 0 spiro atoms. The molecular weight excluding hydrogens is 307 g/mol. The van der Waals surface area contributed by atoms with Crippen LogP contribution in [0.15, 0.2) is 18.2 Å². The molecule has 1 aliphatic rings. The third-order valence-electron chi connectivity index (χ3n) is 4.19. The predicted molar refractivity (Wildman–Crippen MR) is 82.9 cm³/mol. The lowest BCUT2D eigenvalue weighted by Gasteiger charge is -2.14. The minimum Gasteiger partial charge on any atom is -0.462 e. The number of esters is 1. The van der Waals surface area contributed by atoms with Gasteiger partial charge in [0.15, 0.2) is 0 Å². The van der Waals surface area contributed by atoms with Crippen molar-refractivity contribution in [3.05, 3.63) is 29.6 Å². The van der Waals surface area contributed by atoms with E-state index in [1.807, 2.05) is 4.57 Å². The van der Waals surface area contributed by atoms with E-state index in [-0.39, 0.29) is 23.9 Å². The zero-order chi connectivity index (χ0) is 15.7.